The van der Waals surface area contributed by atoms with Gasteiger partial charge in [-0.3, -0.25) is 9.89 Å². The molecule has 94 valence electrons. The van der Waals surface area contributed by atoms with E-state index in [1.165, 1.54) is 6.42 Å². The number of nitrogens with zero attached hydrogens (tertiary/aromatic N) is 1. The lowest BCUT2D eigenvalue weighted by Crippen LogP contribution is -2.45. The van der Waals surface area contributed by atoms with Crippen molar-refractivity contribution >= 4 is 5.91 Å². The van der Waals surface area contributed by atoms with Crippen LogP contribution in [0.3, 0.4) is 0 Å². The van der Waals surface area contributed by atoms with E-state index in [1.54, 1.807) is 6.20 Å². The van der Waals surface area contributed by atoms with Crippen molar-refractivity contribution in [3.05, 3.63) is 18.0 Å². The number of H-pyrrole nitrogens is 1. The van der Waals surface area contributed by atoms with Gasteiger partial charge in [0, 0.05) is 18.2 Å². The Morgan fingerprint density at radius 1 is 1.47 bits per heavy atom. The van der Waals surface area contributed by atoms with Crippen LogP contribution in [-0.4, -0.2) is 21.6 Å². The molecule has 1 aromatic rings. The van der Waals surface area contributed by atoms with Gasteiger partial charge in [0.05, 0.1) is 12.2 Å². The van der Waals surface area contributed by atoms with Gasteiger partial charge in [-0.1, -0.05) is 19.3 Å². The highest BCUT2D eigenvalue weighted by molar-refractivity contribution is 5.77. The van der Waals surface area contributed by atoms with E-state index < -0.39 is 0 Å². The minimum absolute atomic E-state index is 0.0315. The normalized spacial score (nSPS) is 18.9. The first-order valence-electron chi connectivity index (χ1n) is 6.22. The standard InChI is InChI=1S/C12H20N4O/c13-12(5-2-1-3-6-12)8-11(17)14-9-10-4-7-15-16-10/h4,7H,1-3,5-6,8-9,13H2,(H,14,17)(H,15,16). The molecule has 1 aromatic heterocycles. The second-order valence-electron chi connectivity index (χ2n) is 4.96. The number of hydrogen-bond donors (Lipinski definition) is 3. The second kappa shape index (κ2) is 5.31. The molecule has 4 N–H and O–H groups in total. The molecule has 1 aliphatic carbocycles. The molecule has 2 rings (SSSR count). The van der Waals surface area contributed by atoms with Gasteiger partial charge < -0.3 is 11.1 Å². The Bertz CT molecular complexity index is 355. The number of nitrogens with one attached hydrogen (secondary N) is 2. The molecular formula is C12H20N4O. The third kappa shape index (κ3) is 3.56. The van der Waals surface area contributed by atoms with Crippen LogP contribution in [0.1, 0.15) is 44.2 Å². The van der Waals surface area contributed by atoms with Crippen molar-refractivity contribution in [2.45, 2.75) is 50.6 Å². The summed E-state index contributed by atoms with van der Waals surface area (Å²) in [6.07, 6.45) is 7.56. The first-order valence-corrected chi connectivity index (χ1v) is 6.22. The van der Waals surface area contributed by atoms with Crippen LogP contribution in [0.2, 0.25) is 0 Å². The van der Waals surface area contributed by atoms with E-state index in [9.17, 15) is 4.79 Å². The lowest BCUT2D eigenvalue weighted by molar-refractivity contribution is -0.122. The number of carbonyl (C=O) groups excluding carboxylic acids is 1. The summed E-state index contributed by atoms with van der Waals surface area (Å²) in [5.74, 6) is 0.0315. The molecule has 1 saturated carbocycles. The molecule has 1 aliphatic rings. The monoisotopic (exact) mass is 236 g/mol. The third-order valence-electron chi connectivity index (χ3n) is 3.40. The highest BCUT2D eigenvalue weighted by atomic mass is 16.1. The maximum absolute atomic E-state index is 11.8. The van der Waals surface area contributed by atoms with E-state index in [-0.39, 0.29) is 11.4 Å². The molecule has 1 heterocycles. The summed E-state index contributed by atoms with van der Waals surface area (Å²) in [7, 11) is 0. The summed E-state index contributed by atoms with van der Waals surface area (Å²) < 4.78 is 0. The molecule has 1 amide bonds. The zero-order valence-corrected chi connectivity index (χ0v) is 10.0. The molecule has 0 bridgehead atoms. The van der Waals surface area contributed by atoms with E-state index in [2.05, 4.69) is 15.5 Å². The van der Waals surface area contributed by atoms with Crippen LogP contribution < -0.4 is 11.1 Å². The van der Waals surface area contributed by atoms with Gasteiger partial charge in [0.1, 0.15) is 0 Å². The zero-order chi connectivity index (χ0) is 12.1. The van der Waals surface area contributed by atoms with Gasteiger partial charge >= 0.3 is 0 Å². The summed E-state index contributed by atoms with van der Waals surface area (Å²) >= 11 is 0. The van der Waals surface area contributed by atoms with Crippen LogP contribution in [0.25, 0.3) is 0 Å². The van der Waals surface area contributed by atoms with E-state index in [1.807, 2.05) is 6.07 Å². The van der Waals surface area contributed by atoms with Crippen LogP contribution in [0.5, 0.6) is 0 Å². The molecule has 0 aliphatic heterocycles. The van der Waals surface area contributed by atoms with Gasteiger partial charge in [-0.05, 0) is 18.9 Å². The molecule has 0 atom stereocenters. The minimum atomic E-state index is -0.281. The summed E-state index contributed by atoms with van der Waals surface area (Å²) in [6, 6.07) is 1.85. The van der Waals surface area contributed by atoms with Crippen molar-refractivity contribution in [2.75, 3.05) is 0 Å². The number of nitrogens with two attached hydrogens (primary N) is 1. The molecular weight excluding hydrogens is 216 g/mol. The van der Waals surface area contributed by atoms with Gasteiger partial charge in [0.15, 0.2) is 0 Å². The highest BCUT2D eigenvalue weighted by Gasteiger charge is 2.29. The Labute approximate surface area is 101 Å². The topological polar surface area (TPSA) is 83.8 Å². The van der Waals surface area contributed by atoms with Crippen molar-refractivity contribution in [2.24, 2.45) is 5.73 Å². The first kappa shape index (κ1) is 12.1. The number of rotatable bonds is 4. The van der Waals surface area contributed by atoms with E-state index >= 15 is 0 Å². The molecule has 5 heteroatoms. The fourth-order valence-corrected chi connectivity index (χ4v) is 2.39. The molecule has 17 heavy (non-hydrogen) atoms. The van der Waals surface area contributed by atoms with E-state index in [0.29, 0.717) is 13.0 Å². The summed E-state index contributed by atoms with van der Waals surface area (Å²) in [4.78, 5) is 11.8. The summed E-state index contributed by atoms with van der Waals surface area (Å²) in [5.41, 5.74) is 6.86. The number of hydrogen-bond acceptors (Lipinski definition) is 3. The average Bonchev–Trinajstić information content (AvgIpc) is 2.79. The van der Waals surface area contributed by atoms with E-state index in [4.69, 9.17) is 5.73 Å². The third-order valence-corrected chi connectivity index (χ3v) is 3.40. The Morgan fingerprint density at radius 3 is 2.88 bits per heavy atom. The quantitative estimate of drug-likeness (QED) is 0.731. The van der Waals surface area contributed by atoms with Crippen LogP contribution in [0.4, 0.5) is 0 Å². The Hall–Kier alpha value is -1.36. The predicted molar refractivity (Wildman–Crippen MR) is 65.1 cm³/mol. The van der Waals surface area contributed by atoms with Crippen LogP contribution >= 0.6 is 0 Å². The van der Waals surface area contributed by atoms with E-state index in [0.717, 1.165) is 31.4 Å². The Morgan fingerprint density at radius 2 is 2.24 bits per heavy atom. The zero-order valence-electron chi connectivity index (χ0n) is 10.0. The van der Waals surface area contributed by atoms with Crippen LogP contribution in [-0.2, 0) is 11.3 Å². The molecule has 0 spiro atoms. The number of carbonyl (C=O) groups is 1. The van der Waals surface area contributed by atoms with Gasteiger partial charge in [0.25, 0.3) is 0 Å². The lowest BCUT2D eigenvalue weighted by Gasteiger charge is -2.32. The number of amides is 1. The van der Waals surface area contributed by atoms with Crippen LogP contribution in [0.15, 0.2) is 12.3 Å². The van der Waals surface area contributed by atoms with Crippen molar-refractivity contribution < 1.29 is 4.79 Å². The van der Waals surface area contributed by atoms with Crippen molar-refractivity contribution in [1.82, 2.24) is 15.5 Å². The average molecular weight is 236 g/mol. The maximum atomic E-state index is 11.8. The Kier molecular flexibility index (Phi) is 3.78. The predicted octanol–water partition coefficient (Wildman–Crippen LogP) is 1.08. The second-order valence-corrected chi connectivity index (χ2v) is 4.96. The minimum Gasteiger partial charge on any atom is -0.350 e. The highest BCUT2D eigenvalue weighted by Crippen LogP contribution is 2.28. The van der Waals surface area contributed by atoms with Crippen molar-refractivity contribution in [3.63, 3.8) is 0 Å². The molecule has 0 aromatic carbocycles. The maximum Gasteiger partial charge on any atom is 0.222 e. The molecule has 0 saturated heterocycles. The number of aromatic nitrogens is 2. The van der Waals surface area contributed by atoms with Gasteiger partial charge in [-0.25, -0.2) is 0 Å². The number of aromatic amines is 1. The smallest absolute Gasteiger partial charge is 0.222 e. The SMILES string of the molecule is NC1(CC(=O)NCc2ccn[nH]2)CCCCC1. The van der Waals surface area contributed by atoms with Gasteiger partial charge in [-0.15, -0.1) is 0 Å². The van der Waals surface area contributed by atoms with Gasteiger partial charge in [0.2, 0.25) is 5.91 Å². The van der Waals surface area contributed by atoms with Gasteiger partial charge in [-0.2, -0.15) is 5.10 Å². The fourth-order valence-electron chi connectivity index (χ4n) is 2.39. The van der Waals surface area contributed by atoms with Crippen molar-refractivity contribution in [3.8, 4) is 0 Å². The summed E-state index contributed by atoms with van der Waals surface area (Å²) in [6.45, 7) is 0.495. The van der Waals surface area contributed by atoms with Crippen molar-refractivity contribution in [1.29, 1.82) is 0 Å². The fraction of sp³-hybridized carbons (Fsp3) is 0.667. The Balaban J connectivity index is 1.76. The molecule has 0 unspecified atom stereocenters. The lowest BCUT2D eigenvalue weighted by atomic mass is 9.80. The molecule has 5 nitrogen and oxygen atoms in total. The van der Waals surface area contributed by atoms with Crippen LogP contribution in [0, 0.1) is 0 Å². The largest absolute Gasteiger partial charge is 0.350 e. The molecule has 1 fully saturated rings. The molecule has 0 radical (unpaired) electrons. The first-order chi connectivity index (χ1) is 8.18. The summed E-state index contributed by atoms with van der Waals surface area (Å²) in [5, 5.41) is 9.51.